The first-order valence-corrected chi connectivity index (χ1v) is 16.1. The molecule has 3 heteroatoms. The van der Waals surface area contributed by atoms with Crippen LogP contribution in [0, 0.1) is 0 Å². The maximum Gasteiger partial charge on any atom is -0.147 e. The van der Waals surface area contributed by atoms with Crippen molar-refractivity contribution in [3.63, 3.8) is 0 Å². The van der Waals surface area contributed by atoms with Gasteiger partial charge >= 0.3 is 41.0 Å². The van der Waals surface area contributed by atoms with Gasteiger partial charge in [-0.15, -0.1) is 82.8 Å². The molecule has 6 aromatic carbocycles. The fourth-order valence-electron chi connectivity index (χ4n) is 4.92. The fourth-order valence-corrected chi connectivity index (χ4v) is 4.92. The summed E-state index contributed by atoms with van der Waals surface area (Å²) in [5.74, 6) is 1.18. The van der Waals surface area contributed by atoms with Gasteiger partial charge in [0.2, 0.25) is 0 Å². The summed E-state index contributed by atoms with van der Waals surface area (Å²) >= 11 is 1.27. The molecule has 0 nitrogen and oxygen atoms in total. The molecule has 0 aliphatic carbocycles. The van der Waals surface area contributed by atoms with Crippen LogP contribution < -0.4 is 0 Å². The molecule has 216 valence electrons. The molecule has 0 aromatic heterocycles. The Labute approximate surface area is 279 Å². The third-order valence-corrected chi connectivity index (χ3v) is 7.13. The van der Waals surface area contributed by atoms with Crippen LogP contribution in [-0.2, 0) is 23.9 Å². The van der Waals surface area contributed by atoms with Crippen LogP contribution in [0.15, 0.2) is 121 Å². The Morgan fingerprint density at radius 1 is 0.524 bits per heavy atom. The van der Waals surface area contributed by atoms with E-state index in [-0.39, 0.29) is 24.8 Å². The van der Waals surface area contributed by atoms with Crippen molar-refractivity contribution in [3.05, 3.63) is 132 Å². The Kier molecular flexibility index (Phi) is 14.3. The van der Waals surface area contributed by atoms with Gasteiger partial charge in [0.15, 0.2) is 0 Å². The van der Waals surface area contributed by atoms with Crippen LogP contribution >= 0.6 is 24.8 Å². The standard InChI is InChI=1S/2C18H17.C3H6.2ClH.Hf/c2*1-13(2)14-9-11-16(12-10-14)18-8-4-6-15-5-3-7-17(15)18;1-3-2;;;/h2*3-13H,1-2H3;1-2H3;2*1H;/q2*-1;;;;+2. The van der Waals surface area contributed by atoms with Crippen molar-refractivity contribution < 1.29 is 23.9 Å². The molecular formula is C39H42Cl2Hf. The molecular weight excluding hydrogens is 718 g/mol. The van der Waals surface area contributed by atoms with Crippen LogP contribution in [0.1, 0.15) is 64.5 Å². The molecule has 6 aromatic rings. The van der Waals surface area contributed by atoms with E-state index >= 15 is 0 Å². The van der Waals surface area contributed by atoms with Crippen molar-refractivity contribution in [2.45, 2.75) is 53.4 Å². The van der Waals surface area contributed by atoms with Gasteiger partial charge in [-0.2, -0.15) is 24.3 Å². The number of halogens is 2. The molecule has 0 spiro atoms. The molecule has 0 fully saturated rings. The van der Waals surface area contributed by atoms with E-state index in [1.165, 1.54) is 78.8 Å². The molecule has 0 aliphatic heterocycles. The van der Waals surface area contributed by atoms with Crippen molar-refractivity contribution in [1.29, 1.82) is 0 Å². The minimum atomic E-state index is 0. The van der Waals surface area contributed by atoms with E-state index in [4.69, 9.17) is 0 Å². The number of hydrogen-bond donors (Lipinski definition) is 0. The van der Waals surface area contributed by atoms with Gasteiger partial charge in [0, 0.05) is 0 Å². The molecule has 6 rings (SSSR count). The third kappa shape index (κ3) is 9.21. The first-order chi connectivity index (χ1) is 19.2. The number of fused-ring (bicyclic) bond motifs is 2. The smallest absolute Gasteiger partial charge is 0.147 e. The summed E-state index contributed by atoms with van der Waals surface area (Å²) in [4.78, 5) is 0. The molecule has 0 radical (unpaired) electrons. The number of hydrogen-bond acceptors (Lipinski definition) is 0. The van der Waals surface area contributed by atoms with E-state index < -0.39 is 0 Å². The second-order valence-electron chi connectivity index (χ2n) is 11.2. The maximum absolute atomic E-state index is 2.24. The molecule has 0 saturated heterocycles. The predicted octanol–water partition coefficient (Wildman–Crippen LogP) is 12.3. The predicted molar refractivity (Wildman–Crippen MR) is 189 cm³/mol. The van der Waals surface area contributed by atoms with Gasteiger partial charge < -0.3 is 0 Å². The maximum atomic E-state index is 2.24. The number of rotatable bonds is 4. The zero-order chi connectivity index (χ0) is 28.6. The molecule has 0 amide bonds. The number of benzene rings is 4. The Balaban J connectivity index is 0.000000250. The van der Waals surface area contributed by atoms with Crippen molar-refractivity contribution in [3.8, 4) is 22.3 Å². The van der Waals surface area contributed by atoms with E-state index in [1.54, 1.807) is 3.26 Å². The van der Waals surface area contributed by atoms with Crippen molar-refractivity contribution in [1.82, 2.24) is 0 Å². The fraction of sp³-hybridized carbons (Fsp3) is 0.205. The van der Waals surface area contributed by atoms with Crippen molar-refractivity contribution in [2.75, 3.05) is 0 Å². The molecule has 0 N–H and O–H groups in total. The van der Waals surface area contributed by atoms with Crippen LogP contribution in [0.2, 0.25) is 0 Å². The summed E-state index contributed by atoms with van der Waals surface area (Å²) in [5, 5.41) is 5.32. The second-order valence-corrected chi connectivity index (χ2v) is 14.8. The monoisotopic (exact) mass is 760 g/mol. The van der Waals surface area contributed by atoms with Gasteiger partial charge in [-0.3, -0.25) is 0 Å². The van der Waals surface area contributed by atoms with Gasteiger partial charge in [-0.05, 0) is 34.1 Å². The van der Waals surface area contributed by atoms with E-state index in [1.807, 2.05) is 0 Å². The first-order valence-electron chi connectivity index (χ1n) is 14.3. The zero-order valence-corrected chi connectivity index (χ0v) is 30.7. The van der Waals surface area contributed by atoms with E-state index in [9.17, 15) is 0 Å². The van der Waals surface area contributed by atoms with E-state index in [0.29, 0.717) is 11.8 Å². The van der Waals surface area contributed by atoms with Crippen LogP contribution in [-0.4, -0.2) is 3.26 Å². The van der Waals surface area contributed by atoms with Gasteiger partial charge in [-0.25, -0.2) is 0 Å². The quantitative estimate of drug-likeness (QED) is 0.124. The topological polar surface area (TPSA) is 0 Å². The second kappa shape index (κ2) is 16.9. The normalized spacial score (nSPS) is 10.3. The molecule has 0 aliphatic rings. The minimum absolute atomic E-state index is 0. The summed E-state index contributed by atoms with van der Waals surface area (Å²) in [6, 6.07) is 43.9. The summed E-state index contributed by atoms with van der Waals surface area (Å²) in [6.45, 7) is 13.2. The molecule has 0 heterocycles. The van der Waals surface area contributed by atoms with Crippen molar-refractivity contribution >= 4 is 49.6 Å². The van der Waals surface area contributed by atoms with Gasteiger partial charge in [0.25, 0.3) is 0 Å². The molecule has 0 unspecified atom stereocenters. The van der Waals surface area contributed by atoms with Gasteiger partial charge in [0.1, 0.15) is 0 Å². The Morgan fingerprint density at radius 2 is 0.857 bits per heavy atom. The Bertz CT molecular complexity index is 1540. The van der Waals surface area contributed by atoms with Crippen LogP contribution in [0.3, 0.4) is 0 Å². The largest absolute Gasteiger partial charge is 0.147 e. The summed E-state index contributed by atoms with van der Waals surface area (Å²) in [7, 11) is 0. The van der Waals surface area contributed by atoms with E-state index in [2.05, 4.69) is 163 Å². The minimum Gasteiger partial charge on any atom is -0.147 e. The molecule has 0 atom stereocenters. The zero-order valence-electron chi connectivity index (χ0n) is 25.5. The van der Waals surface area contributed by atoms with Gasteiger partial charge in [0.05, 0.1) is 0 Å². The first kappa shape index (κ1) is 35.6. The summed E-state index contributed by atoms with van der Waals surface area (Å²) in [6.07, 6.45) is 0. The average Bonchev–Trinajstić information content (AvgIpc) is 3.63. The Morgan fingerprint density at radius 3 is 1.17 bits per heavy atom. The Hall–Kier alpha value is -2.58. The average molecular weight is 760 g/mol. The third-order valence-electron chi connectivity index (χ3n) is 7.13. The van der Waals surface area contributed by atoms with Crippen molar-refractivity contribution in [2.24, 2.45) is 0 Å². The van der Waals surface area contributed by atoms with Gasteiger partial charge in [-0.1, -0.05) is 99.5 Å². The molecule has 42 heavy (non-hydrogen) atoms. The SMILES string of the molecule is CC(C)c1ccc(-c2cccc3[cH-]ccc23)cc1.CC(C)c1ccc(-c2cccc3[cH-]ccc23)cc1.C[C](C)=[Hf+2].Cl.Cl. The molecule has 0 saturated carbocycles. The van der Waals surface area contributed by atoms with Crippen LogP contribution in [0.25, 0.3) is 43.8 Å². The van der Waals surface area contributed by atoms with Crippen LogP contribution in [0.4, 0.5) is 0 Å². The van der Waals surface area contributed by atoms with E-state index in [0.717, 1.165) is 0 Å². The summed E-state index contributed by atoms with van der Waals surface area (Å²) < 4.78 is 1.56. The molecule has 0 bridgehead atoms. The summed E-state index contributed by atoms with van der Waals surface area (Å²) in [5.41, 5.74) is 8.05. The van der Waals surface area contributed by atoms with Crippen LogP contribution in [0.5, 0.6) is 0 Å².